The maximum atomic E-state index is 5.91. The van der Waals surface area contributed by atoms with Crippen LogP contribution in [0.5, 0.6) is 0 Å². The molecule has 0 unspecified atom stereocenters. The summed E-state index contributed by atoms with van der Waals surface area (Å²) in [6, 6.07) is 5.50. The van der Waals surface area contributed by atoms with Crippen LogP contribution in [0.2, 0.25) is 5.02 Å². The van der Waals surface area contributed by atoms with Gasteiger partial charge in [0.05, 0.1) is 0 Å². The molecule has 5 heteroatoms. The van der Waals surface area contributed by atoms with Crippen molar-refractivity contribution in [3.63, 3.8) is 0 Å². The molecular formula is C10H13BrClN3. The Bertz CT molecular complexity index is 366. The maximum absolute atomic E-state index is 5.91. The van der Waals surface area contributed by atoms with Gasteiger partial charge in [-0.15, -0.1) is 0 Å². The minimum atomic E-state index is 0.645. The van der Waals surface area contributed by atoms with E-state index in [1.807, 2.05) is 18.2 Å². The van der Waals surface area contributed by atoms with E-state index in [2.05, 4.69) is 33.3 Å². The lowest BCUT2D eigenvalue weighted by atomic mass is 10.2. The van der Waals surface area contributed by atoms with Crippen molar-refractivity contribution in [2.45, 2.75) is 13.3 Å². The number of halogens is 2. The Balaban J connectivity index is 3.05. The average Bonchev–Trinajstić information content (AvgIpc) is 2.24. The largest absolute Gasteiger partial charge is 0.308 e. The number of nitrogens with zero attached hydrogens (tertiary/aromatic N) is 1. The van der Waals surface area contributed by atoms with Gasteiger partial charge in [-0.3, -0.25) is 4.99 Å². The van der Waals surface area contributed by atoms with Crippen LogP contribution in [-0.2, 0) is 0 Å². The molecule has 3 nitrogen and oxygen atoms in total. The van der Waals surface area contributed by atoms with E-state index in [0.717, 1.165) is 23.0 Å². The summed E-state index contributed by atoms with van der Waals surface area (Å²) in [5, 5.41) is 0.660. The number of nitrogens with two attached hydrogens (primary N) is 1. The molecule has 0 fully saturated rings. The zero-order chi connectivity index (χ0) is 11.3. The topological polar surface area (TPSA) is 50.4 Å². The van der Waals surface area contributed by atoms with Crippen LogP contribution >= 0.6 is 27.5 Å². The molecule has 0 bridgehead atoms. The number of aliphatic imine (C=N–C) groups is 1. The molecule has 82 valence electrons. The fourth-order valence-corrected chi connectivity index (χ4v) is 1.72. The van der Waals surface area contributed by atoms with Gasteiger partial charge in [-0.05, 0) is 24.6 Å². The highest BCUT2D eigenvalue weighted by atomic mass is 79.9. The lowest BCUT2D eigenvalue weighted by Crippen LogP contribution is -2.31. The zero-order valence-corrected chi connectivity index (χ0v) is 10.8. The van der Waals surface area contributed by atoms with Gasteiger partial charge in [0.25, 0.3) is 0 Å². The number of benzene rings is 1. The van der Waals surface area contributed by atoms with Crippen LogP contribution in [0.1, 0.15) is 18.9 Å². The summed E-state index contributed by atoms with van der Waals surface area (Å²) in [7, 11) is 0. The van der Waals surface area contributed by atoms with Gasteiger partial charge in [-0.25, -0.2) is 5.84 Å². The van der Waals surface area contributed by atoms with Gasteiger partial charge >= 0.3 is 0 Å². The molecule has 0 radical (unpaired) electrons. The molecule has 0 spiro atoms. The first kappa shape index (κ1) is 12.5. The number of rotatable bonds is 3. The minimum Gasteiger partial charge on any atom is -0.308 e. The van der Waals surface area contributed by atoms with Crippen LogP contribution in [0.3, 0.4) is 0 Å². The quantitative estimate of drug-likeness (QED) is 0.389. The van der Waals surface area contributed by atoms with Crippen molar-refractivity contribution in [3.05, 3.63) is 33.3 Å². The van der Waals surface area contributed by atoms with Crippen molar-refractivity contribution < 1.29 is 0 Å². The van der Waals surface area contributed by atoms with Crippen LogP contribution < -0.4 is 11.3 Å². The number of hydrogen-bond donors (Lipinski definition) is 2. The Kier molecular flexibility index (Phi) is 5.08. The molecule has 1 rings (SSSR count). The summed E-state index contributed by atoms with van der Waals surface area (Å²) in [4.78, 5) is 4.32. The number of hydrogen-bond acceptors (Lipinski definition) is 2. The molecule has 0 aromatic heterocycles. The Morgan fingerprint density at radius 3 is 2.93 bits per heavy atom. The molecule has 0 atom stereocenters. The minimum absolute atomic E-state index is 0.645. The summed E-state index contributed by atoms with van der Waals surface area (Å²) in [6.45, 7) is 2.79. The van der Waals surface area contributed by atoms with Gasteiger partial charge < -0.3 is 5.43 Å². The monoisotopic (exact) mass is 289 g/mol. The van der Waals surface area contributed by atoms with Crippen LogP contribution in [0.25, 0.3) is 0 Å². The lowest BCUT2D eigenvalue weighted by Gasteiger charge is -2.08. The Morgan fingerprint density at radius 1 is 1.60 bits per heavy atom. The standard InChI is InChI=1S/C10H13BrClN3/c1-2-5-14-10(15-13)8-6-7(12)3-4-9(8)11/h3-4,6H,2,5,13H2,1H3,(H,14,15). The second-order valence-electron chi connectivity index (χ2n) is 3.00. The predicted octanol–water partition coefficient (Wildman–Crippen LogP) is 2.72. The van der Waals surface area contributed by atoms with Crippen molar-refractivity contribution in [1.82, 2.24) is 5.43 Å². The van der Waals surface area contributed by atoms with Crippen molar-refractivity contribution >= 4 is 33.4 Å². The average molecular weight is 291 g/mol. The summed E-state index contributed by atoms with van der Waals surface area (Å²) in [5.74, 6) is 6.06. The van der Waals surface area contributed by atoms with E-state index >= 15 is 0 Å². The lowest BCUT2D eigenvalue weighted by molar-refractivity contribution is 0.907. The summed E-state index contributed by atoms with van der Waals surface area (Å²) in [6.07, 6.45) is 0.976. The van der Waals surface area contributed by atoms with Crippen LogP contribution in [0.15, 0.2) is 27.7 Å². The molecule has 3 N–H and O–H groups in total. The summed E-state index contributed by atoms with van der Waals surface area (Å²) >= 11 is 9.34. The van der Waals surface area contributed by atoms with Gasteiger partial charge in [-0.2, -0.15) is 0 Å². The van der Waals surface area contributed by atoms with Gasteiger partial charge in [0.1, 0.15) is 5.84 Å². The van der Waals surface area contributed by atoms with Crippen LogP contribution in [0, 0.1) is 0 Å². The third kappa shape index (κ3) is 3.48. The van der Waals surface area contributed by atoms with Crippen LogP contribution in [-0.4, -0.2) is 12.4 Å². The van der Waals surface area contributed by atoms with E-state index in [4.69, 9.17) is 17.4 Å². The fourth-order valence-electron chi connectivity index (χ4n) is 1.11. The molecule has 0 aliphatic rings. The van der Waals surface area contributed by atoms with E-state index in [1.165, 1.54) is 0 Å². The molecule has 0 aliphatic carbocycles. The molecule has 15 heavy (non-hydrogen) atoms. The van der Waals surface area contributed by atoms with Crippen molar-refractivity contribution in [2.75, 3.05) is 6.54 Å². The second-order valence-corrected chi connectivity index (χ2v) is 4.29. The molecule has 0 aliphatic heterocycles. The van der Waals surface area contributed by atoms with Crippen molar-refractivity contribution in [3.8, 4) is 0 Å². The van der Waals surface area contributed by atoms with E-state index in [9.17, 15) is 0 Å². The molecule has 1 aromatic rings. The van der Waals surface area contributed by atoms with Gasteiger partial charge in [0.2, 0.25) is 0 Å². The number of amidine groups is 1. The highest BCUT2D eigenvalue weighted by Gasteiger charge is 2.06. The second kappa shape index (κ2) is 6.10. The third-order valence-corrected chi connectivity index (χ3v) is 2.74. The number of nitrogens with one attached hydrogen (secondary N) is 1. The molecule has 0 heterocycles. The van der Waals surface area contributed by atoms with Crippen molar-refractivity contribution in [1.29, 1.82) is 0 Å². The smallest absolute Gasteiger partial charge is 0.143 e. The highest BCUT2D eigenvalue weighted by molar-refractivity contribution is 9.10. The maximum Gasteiger partial charge on any atom is 0.143 e. The molecule has 1 aromatic carbocycles. The SMILES string of the molecule is CCCN=C(NN)c1cc(Cl)ccc1Br. The predicted molar refractivity (Wildman–Crippen MR) is 68.2 cm³/mol. The fraction of sp³-hybridized carbons (Fsp3) is 0.300. The Morgan fingerprint density at radius 2 is 2.33 bits per heavy atom. The van der Waals surface area contributed by atoms with Gasteiger partial charge in [-0.1, -0.05) is 34.5 Å². The van der Waals surface area contributed by atoms with E-state index < -0.39 is 0 Å². The normalized spacial score (nSPS) is 11.6. The van der Waals surface area contributed by atoms with E-state index in [0.29, 0.717) is 10.9 Å². The van der Waals surface area contributed by atoms with Crippen LogP contribution in [0.4, 0.5) is 0 Å². The highest BCUT2D eigenvalue weighted by Crippen LogP contribution is 2.21. The van der Waals surface area contributed by atoms with Gasteiger partial charge in [0.15, 0.2) is 0 Å². The first-order chi connectivity index (χ1) is 7.19. The first-order valence-electron chi connectivity index (χ1n) is 4.65. The summed E-state index contributed by atoms with van der Waals surface area (Å²) < 4.78 is 0.916. The van der Waals surface area contributed by atoms with E-state index in [-0.39, 0.29) is 0 Å². The molecule has 0 amide bonds. The van der Waals surface area contributed by atoms with E-state index in [1.54, 1.807) is 0 Å². The molecule has 0 saturated heterocycles. The van der Waals surface area contributed by atoms with Gasteiger partial charge in [0, 0.05) is 21.6 Å². The summed E-state index contributed by atoms with van der Waals surface area (Å²) in [5.41, 5.74) is 3.46. The third-order valence-electron chi connectivity index (χ3n) is 1.81. The van der Waals surface area contributed by atoms with Crippen molar-refractivity contribution in [2.24, 2.45) is 10.8 Å². The Labute approximate surface area is 103 Å². The Hall–Kier alpha value is -0.580. The zero-order valence-electron chi connectivity index (χ0n) is 8.43. The molecular weight excluding hydrogens is 277 g/mol. The first-order valence-corrected chi connectivity index (χ1v) is 5.82. The molecule has 0 saturated carbocycles. The number of hydrazine groups is 1.